The third-order valence-corrected chi connectivity index (χ3v) is 5.62. The van der Waals surface area contributed by atoms with Gasteiger partial charge in [-0.2, -0.15) is 10.1 Å². The van der Waals surface area contributed by atoms with Crippen LogP contribution in [-0.2, 0) is 14.8 Å². The first-order valence-electron chi connectivity index (χ1n) is 7.92. The SMILES string of the molecule is O=C(C=CC1=CCC(Br)C=C1)Nc1ccc(S(=O)(=O)Nc2ncn[nH]2)cc1. The Morgan fingerprint density at radius 3 is 2.70 bits per heavy atom. The molecule has 0 fully saturated rings. The van der Waals surface area contributed by atoms with Crippen molar-refractivity contribution in [1.82, 2.24) is 15.2 Å². The molecule has 1 aliphatic rings. The Hall–Kier alpha value is -2.72. The molecule has 1 amide bonds. The van der Waals surface area contributed by atoms with Crippen molar-refractivity contribution < 1.29 is 13.2 Å². The Balaban J connectivity index is 1.60. The number of halogens is 1. The van der Waals surface area contributed by atoms with Gasteiger partial charge in [-0.1, -0.05) is 34.2 Å². The van der Waals surface area contributed by atoms with Crippen molar-refractivity contribution in [3.8, 4) is 0 Å². The summed E-state index contributed by atoms with van der Waals surface area (Å²) >= 11 is 3.49. The number of aromatic nitrogens is 3. The number of sulfonamides is 1. The van der Waals surface area contributed by atoms with E-state index >= 15 is 0 Å². The normalized spacial score (nSPS) is 16.9. The average Bonchev–Trinajstić information content (AvgIpc) is 3.14. The third-order valence-electron chi connectivity index (χ3n) is 3.58. The lowest BCUT2D eigenvalue weighted by atomic mass is 10.1. The fourth-order valence-electron chi connectivity index (χ4n) is 2.25. The number of hydrogen-bond acceptors (Lipinski definition) is 5. The number of carbonyl (C=O) groups excluding carboxylic acids is 1. The Morgan fingerprint density at radius 2 is 2.07 bits per heavy atom. The fraction of sp³-hybridized carbons (Fsp3) is 0.118. The van der Waals surface area contributed by atoms with Crippen molar-refractivity contribution in [3.05, 3.63) is 66.5 Å². The molecule has 0 spiro atoms. The van der Waals surface area contributed by atoms with Gasteiger partial charge in [0.25, 0.3) is 10.0 Å². The van der Waals surface area contributed by atoms with E-state index in [1.54, 1.807) is 6.08 Å². The van der Waals surface area contributed by atoms with Gasteiger partial charge < -0.3 is 5.32 Å². The van der Waals surface area contributed by atoms with Gasteiger partial charge in [-0.25, -0.2) is 18.2 Å². The van der Waals surface area contributed by atoms with Crippen LogP contribution in [0, 0.1) is 0 Å². The molecule has 0 radical (unpaired) electrons. The summed E-state index contributed by atoms with van der Waals surface area (Å²) in [6, 6.07) is 5.80. The molecule has 140 valence electrons. The van der Waals surface area contributed by atoms with Crippen LogP contribution >= 0.6 is 15.9 Å². The molecule has 1 aromatic heterocycles. The van der Waals surface area contributed by atoms with E-state index in [1.165, 1.54) is 36.7 Å². The molecule has 8 nitrogen and oxygen atoms in total. The molecule has 0 bridgehead atoms. The van der Waals surface area contributed by atoms with Gasteiger partial charge in [-0.05, 0) is 42.3 Å². The van der Waals surface area contributed by atoms with Crippen LogP contribution < -0.4 is 10.0 Å². The van der Waals surface area contributed by atoms with E-state index < -0.39 is 10.0 Å². The molecule has 1 aliphatic carbocycles. The number of alkyl halides is 1. The lowest BCUT2D eigenvalue weighted by Gasteiger charge is -2.08. The second kappa shape index (κ2) is 8.31. The number of nitrogens with one attached hydrogen (secondary N) is 3. The molecule has 0 saturated heterocycles. The van der Waals surface area contributed by atoms with Crippen LogP contribution in [-0.4, -0.2) is 34.3 Å². The van der Waals surface area contributed by atoms with Gasteiger partial charge in [0.05, 0.1) is 4.90 Å². The number of nitrogens with zero attached hydrogens (tertiary/aromatic N) is 2. The molecule has 1 atom stereocenters. The summed E-state index contributed by atoms with van der Waals surface area (Å²) in [4.78, 5) is 16.1. The van der Waals surface area contributed by atoms with Crippen LogP contribution in [0.25, 0.3) is 0 Å². The van der Waals surface area contributed by atoms with Gasteiger partial charge >= 0.3 is 0 Å². The van der Waals surface area contributed by atoms with Gasteiger partial charge in [0.2, 0.25) is 11.9 Å². The molecule has 0 aliphatic heterocycles. The van der Waals surface area contributed by atoms with E-state index in [2.05, 4.69) is 41.2 Å². The maximum Gasteiger partial charge on any atom is 0.264 e. The first-order valence-corrected chi connectivity index (χ1v) is 10.3. The first kappa shape index (κ1) is 19.1. The topological polar surface area (TPSA) is 117 Å². The summed E-state index contributed by atoms with van der Waals surface area (Å²) in [6.45, 7) is 0. The molecule has 1 heterocycles. The number of hydrogen-bond donors (Lipinski definition) is 3. The highest BCUT2D eigenvalue weighted by Gasteiger charge is 2.15. The Kier molecular flexibility index (Phi) is 5.87. The highest BCUT2D eigenvalue weighted by molar-refractivity contribution is 9.09. The number of aromatic amines is 1. The zero-order chi connectivity index (χ0) is 19.3. The number of benzene rings is 1. The van der Waals surface area contributed by atoms with E-state index in [4.69, 9.17) is 0 Å². The molecule has 27 heavy (non-hydrogen) atoms. The standard InChI is InChI=1S/C17H16BrN5O3S/c18-13-4-1-12(2-5-13)3-10-16(24)21-14-6-8-15(9-7-14)27(25,26)23-17-19-11-20-22-17/h1-4,6-11,13H,5H2,(H,21,24)(H2,19,20,22,23). The monoisotopic (exact) mass is 449 g/mol. The fourth-order valence-corrected chi connectivity index (χ4v) is 3.55. The van der Waals surface area contributed by atoms with Crippen LogP contribution in [0.15, 0.2) is 71.4 Å². The maximum atomic E-state index is 12.2. The number of amides is 1. The quantitative estimate of drug-likeness (QED) is 0.462. The van der Waals surface area contributed by atoms with Crippen molar-refractivity contribution in [3.63, 3.8) is 0 Å². The van der Waals surface area contributed by atoms with Crippen LogP contribution in [0.5, 0.6) is 0 Å². The van der Waals surface area contributed by atoms with Crippen molar-refractivity contribution in [2.24, 2.45) is 0 Å². The minimum absolute atomic E-state index is 0.0230. The Labute approximate surface area is 164 Å². The van der Waals surface area contributed by atoms with Crippen LogP contribution in [0.3, 0.4) is 0 Å². The minimum atomic E-state index is -3.79. The van der Waals surface area contributed by atoms with Crippen molar-refractivity contribution in [2.45, 2.75) is 16.1 Å². The summed E-state index contributed by atoms with van der Waals surface area (Å²) in [5, 5.41) is 8.67. The predicted octanol–water partition coefficient (Wildman–Crippen LogP) is 2.75. The Bertz CT molecular complexity index is 996. The molecule has 3 rings (SSSR count). The van der Waals surface area contributed by atoms with E-state index in [0.29, 0.717) is 10.5 Å². The minimum Gasteiger partial charge on any atom is -0.323 e. The predicted molar refractivity (Wildman–Crippen MR) is 106 cm³/mol. The summed E-state index contributed by atoms with van der Waals surface area (Å²) in [6.07, 6.45) is 11.2. The zero-order valence-corrected chi connectivity index (χ0v) is 16.4. The first-order chi connectivity index (χ1) is 12.9. The molecule has 1 unspecified atom stereocenters. The van der Waals surface area contributed by atoms with Gasteiger partial charge in [-0.3, -0.25) is 4.79 Å². The largest absolute Gasteiger partial charge is 0.323 e. The average molecular weight is 450 g/mol. The number of H-pyrrole nitrogens is 1. The number of anilines is 2. The molecule has 3 N–H and O–H groups in total. The van der Waals surface area contributed by atoms with Crippen LogP contribution in [0.1, 0.15) is 6.42 Å². The Morgan fingerprint density at radius 1 is 1.30 bits per heavy atom. The number of carbonyl (C=O) groups is 1. The second-order valence-electron chi connectivity index (χ2n) is 5.60. The highest BCUT2D eigenvalue weighted by atomic mass is 79.9. The molecule has 10 heteroatoms. The van der Waals surface area contributed by atoms with Crippen molar-refractivity contribution in [1.29, 1.82) is 0 Å². The van der Waals surface area contributed by atoms with Gasteiger partial charge in [0, 0.05) is 16.6 Å². The number of allylic oxidation sites excluding steroid dienone is 5. The van der Waals surface area contributed by atoms with E-state index in [9.17, 15) is 13.2 Å². The molecule has 0 saturated carbocycles. The van der Waals surface area contributed by atoms with Crippen molar-refractivity contribution in [2.75, 3.05) is 10.0 Å². The summed E-state index contributed by atoms with van der Waals surface area (Å²) in [5.41, 5.74) is 1.44. The van der Waals surface area contributed by atoms with Gasteiger partial charge in [0.1, 0.15) is 6.33 Å². The summed E-state index contributed by atoms with van der Waals surface area (Å²) in [5.74, 6) is -0.282. The van der Waals surface area contributed by atoms with Crippen LogP contribution in [0.4, 0.5) is 11.6 Å². The van der Waals surface area contributed by atoms with Crippen molar-refractivity contribution >= 4 is 43.5 Å². The smallest absolute Gasteiger partial charge is 0.264 e. The third kappa shape index (κ3) is 5.38. The van der Waals surface area contributed by atoms with E-state index in [1.807, 2.05) is 18.2 Å². The summed E-state index contributed by atoms with van der Waals surface area (Å²) in [7, 11) is -3.79. The van der Waals surface area contributed by atoms with E-state index in [0.717, 1.165) is 12.0 Å². The lowest BCUT2D eigenvalue weighted by Crippen LogP contribution is -2.14. The number of rotatable bonds is 6. The zero-order valence-electron chi connectivity index (χ0n) is 14.0. The molecule has 1 aromatic carbocycles. The van der Waals surface area contributed by atoms with Gasteiger partial charge in [-0.15, -0.1) is 0 Å². The van der Waals surface area contributed by atoms with Gasteiger partial charge in [0.15, 0.2) is 0 Å². The highest BCUT2D eigenvalue weighted by Crippen LogP contribution is 2.18. The second-order valence-corrected chi connectivity index (χ2v) is 8.46. The lowest BCUT2D eigenvalue weighted by molar-refractivity contribution is -0.111. The summed E-state index contributed by atoms with van der Waals surface area (Å²) < 4.78 is 26.7. The van der Waals surface area contributed by atoms with E-state index in [-0.39, 0.29) is 16.8 Å². The maximum absolute atomic E-state index is 12.2. The molecular formula is C17H16BrN5O3S. The van der Waals surface area contributed by atoms with Crippen LogP contribution in [0.2, 0.25) is 0 Å². The molecular weight excluding hydrogens is 434 g/mol. The molecule has 2 aromatic rings.